The molecule has 6 nitrogen and oxygen atoms in total. The Labute approximate surface area is 144 Å². The molecule has 1 aliphatic heterocycles. The lowest BCUT2D eigenvalue weighted by Gasteiger charge is -2.27. The molecule has 124 valence electrons. The first kappa shape index (κ1) is 15.4. The van der Waals surface area contributed by atoms with Crippen LogP contribution in [0.1, 0.15) is 5.56 Å². The van der Waals surface area contributed by atoms with Crippen molar-refractivity contribution in [2.75, 3.05) is 37.5 Å². The number of nitrogens with zero attached hydrogens (tertiary/aromatic N) is 4. The summed E-state index contributed by atoms with van der Waals surface area (Å²) in [5.41, 5.74) is 3.39. The van der Waals surface area contributed by atoms with Gasteiger partial charge in [0.25, 0.3) is 0 Å². The van der Waals surface area contributed by atoms with Gasteiger partial charge in [0.1, 0.15) is 0 Å². The highest BCUT2D eigenvalue weighted by Gasteiger charge is 2.22. The van der Waals surface area contributed by atoms with Crippen molar-refractivity contribution in [1.29, 1.82) is 0 Å². The first-order valence-electron chi connectivity index (χ1n) is 7.87. The van der Waals surface area contributed by atoms with E-state index >= 15 is 0 Å². The van der Waals surface area contributed by atoms with E-state index in [4.69, 9.17) is 9.15 Å². The lowest BCUT2D eigenvalue weighted by Crippen LogP contribution is -2.37. The highest BCUT2D eigenvalue weighted by Crippen LogP contribution is 2.31. The Morgan fingerprint density at radius 2 is 1.79 bits per heavy atom. The molecule has 0 spiro atoms. The SMILES string of the molecule is CSc1nc(N2CCOCC2)c2oc(-c3ccc(C)cc3)nc2n1. The number of thioether (sulfide) groups is 1. The van der Waals surface area contributed by atoms with Gasteiger partial charge in [-0.15, -0.1) is 0 Å². The van der Waals surface area contributed by atoms with Crippen LogP contribution in [0, 0.1) is 6.92 Å². The number of ether oxygens (including phenoxy) is 1. The lowest BCUT2D eigenvalue weighted by molar-refractivity contribution is 0.122. The van der Waals surface area contributed by atoms with Gasteiger partial charge in [0.05, 0.1) is 13.2 Å². The number of hydrogen-bond acceptors (Lipinski definition) is 7. The molecule has 1 fully saturated rings. The highest BCUT2D eigenvalue weighted by atomic mass is 32.2. The molecule has 1 aromatic carbocycles. The third-order valence-electron chi connectivity index (χ3n) is 4.01. The Morgan fingerprint density at radius 1 is 1.04 bits per heavy atom. The molecule has 0 bridgehead atoms. The number of aromatic nitrogens is 3. The smallest absolute Gasteiger partial charge is 0.229 e. The van der Waals surface area contributed by atoms with Crippen molar-refractivity contribution in [3.05, 3.63) is 29.8 Å². The summed E-state index contributed by atoms with van der Waals surface area (Å²) < 4.78 is 11.5. The standard InChI is InChI=1S/C17H18N4O2S/c1-11-3-5-12(6-4-11)16-18-14-13(23-16)15(20-17(19-14)24-2)21-7-9-22-10-8-21/h3-6H,7-10H2,1-2H3. The molecule has 1 aliphatic rings. The summed E-state index contributed by atoms with van der Waals surface area (Å²) in [6, 6.07) is 8.12. The first-order valence-corrected chi connectivity index (χ1v) is 9.09. The van der Waals surface area contributed by atoms with Crippen molar-refractivity contribution in [3.8, 4) is 11.5 Å². The largest absolute Gasteiger partial charge is 0.430 e. The number of oxazole rings is 1. The van der Waals surface area contributed by atoms with E-state index in [1.807, 2.05) is 30.5 Å². The number of aryl methyl sites for hydroxylation is 1. The van der Waals surface area contributed by atoms with Crippen molar-refractivity contribution >= 4 is 28.8 Å². The maximum Gasteiger partial charge on any atom is 0.229 e. The topological polar surface area (TPSA) is 64.3 Å². The van der Waals surface area contributed by atoms with Gasteiger partial charge in [-0.3, -0.25) is 0 Å². The molecule has 0 unspecified atom stereocenters. The normalized spacial score (nSPS) is 15.2. The number of morpholine rings is 1. The van der Waals surface area contributed by atoms with Crippen LogP contribution in [0.5, 0.6) is 0 Å². The molecule has 0 aliphatic carbocycles. The summed E-state index contributed by atoms with van der Waals surface area (Å²) in [6.07, 6.45) is 1.96. The van der Waals surface area contributed by atoms with Crippen LogP contribution in [0.25, 0.3) is 22.7 Å². The second-order valence-electron chi connectivity index (χ2n) is 5.67. The van der Waals surface area contributed by atoms with Crippen molar-refractivity contribution in [1.82, 2.24) is 15.0 Å². The molecular formula is C17H18N4O2S. The molecule has 3 heterocycles. The Hall–Kier alpha value is -2.12. The van der Waals surface area contributed by atoms with E-state index in [2.05, 4.69) is 26.8 Å². The predicted octanol–water partition coefficient (Wildman–Crippen LogP) is 3.15. The van der Waals surface area contributed by atoms with Crippen molar-refractivity contribution in [2.45, 2.75) is 12.1 Å². The van der Waals surface area contributed by atoms with Crippen LogP contribution in [-0.4, -0.2) is 47.5 Å². The zero-order chi connectivity index (χ0) is 16.5. The number of fused-ring (bicyclic) bond motifs is 1. The van der Waals surface area contributed by atoms with Crippen LogP contribution in [0.4, 0.5) is 5.82 Å². The average molecular weight is 342 g/mol. The van der Waals surface area contributed by atoms with Crippen LogP contribution in [0.2, 0.25) is 0 Å². The van der Waals surface area contributed by atoms with Crippen LogP contribution < -0.4 is 4.90 Å². The Bertz CT molecular complexity index is 857. The van der Waals surface area contributed by atoms with Gasteiger partial charge in [-0.05, 0) is 25.3 Å². The number of hydrogen-bond donors (Lipinski definition) is 0. The maximum absolute atomic E-state index is 6.05. The fraction of sp³-hybridized carbons (Fsp3) is 0.353. The van der Waals surface area contributed by atoms with Gasteiger partial charge in [0.2, 0.25) is 17.1 Å². The van der Waals surface area contributed by atoms with Gasteiger partial charge in [0.15, 0.2) is 11.0 Å². The molecule has 24 heavy (non-hydrogen) atoms. The van der Waals surface area contributed by atoms with E-state index < -0.39 is 0 Å². The quantitative estimate of drug-likeness (QED) is 0.535. The zero-order valence-electron chi connectivity index (χ0n) is 13.7. The van der Waals surface area contributed by atoms with Gasteiger partial charge in [-0.25, -0.2) is 4.98 Å². The van der Waals surface area contributed by atoms with Crippen molar-refractivity contribution in [3.63, 3.8) is 0 Å². The third-order valence-corrected chi connectivity index (χ3v) is 4.55. The summed E-state index contributed by atoms with van der Waals surface area (Å²) in [4.78, 5) is 15.9. The van der Waals surface area contributed by atoms with Gasteiger partial charge in [-0.1, -0.05) is 29.5 Å². The summed E-state index contributed by atoms with van der Waals surface area (Å²) in [5, 5.41) is 0.702. The van der Waals surface area contributed by atoms with E-state index in [9.17, 15) is 0 Å². The second kappa shape index (κ2) is 6.41. The second-order valence-corrected chi connectivity index (χ2v) is 6.44. The Kier molecular flexibility index (Phi) is 4.12. The molecule has 0 atom stereocenters. The predicted molar refractivity (Wildman–Crippen MR) is 94.6 cm³/mol. The van der Waals surface area contributed by atoms with Gasteiger partial charge in [0, 0.05) is 18.7 Å². The first-order chi connectivity index (χ1) is 11.7. The molecule has 3 aromatic rings. The average Bonchev–Trinajstić information content (AvgIpc) is 3.06. The van der Waals surface area contributed by atoms with Gasteiger partial charge < -0.3 is 14.1 Å². The summed E-state index contributed by atoms with van der Waals surface area (Å²) in [6.45, 7) is 5.03. The molecule has 0 saturated carbocycles. The maximum atomic E-state index is 6.05. The fourth-order valence-corrected chi connectivity index (χ4v) is 3.05. The van der Waals surface area contributed by atoms with Crippen molar-refractivity contribution < 1.29 is 9.15 Å². The number of benzene rings is 1. The van der Waals surface area contributed by atoms with Gasteiger partial charge >= 0.3 is 0 Å². The molecular weight excluding hydrogens is 324 g/mol. The summed E-state index contributed by atoms with van der Waals surface area (Å²) in [7, 11) is 0. The molecule has 2 aromatic heterocycles. The molecule has 1 saturated heterocycles. The molecule has 0 N–H and O–H groups in total. The fourth-order valence-electron chi connectivity index (χ4n) is 2.69. The minimum Gasteiger partial charge on any atom is -0.430 e. The Balaban J connectivity index is 1.83. The van der Waals surface area contributed by atoms with E-state index in [-0.39, 0.29) is 0 Å². The monoisotopic (exact) mass is 342 g/mol. The minimum atomic E-state index is 0.576. The highest BCUT2D eigenvalue weighted by molar-refractivity contribution is 7.98. The van der Waals surface area contributed by atoms with E-state index in [1.54, 1.807) is 0 Å². The van der Waals surface area contributed by atoms with Crippen LogP contribution in [-0.2, 0) is 4.74 Å². The van der Waals surface area contributed by atoms with Gasteiger partial charge in [-0.2, -0.15) is 9.97 Å². The Morgan fingerprint density at radius 3 is 2.50 bits per heavy atom. The van der Waals surface area contributed by atoms with Crippen LogP contribution in [0.3, 0.4) is 0 Å². The van der Waals surface area contributed by atoms with E-state index in [0.717, 1.165) is 24.5 Å². The summed E-state index contributed by atoms with van der Waals surface area (Å²) in [5.74, 6) is 1.38. The molecule has 7 heteroatoms. The van der Waals surface area contributed by atoms with Crippen LogP contribution in [0.15, 0.2) is 33.8 Å². The summed E-state index contributed by atoms with van der Waals surface area (Å²) >= 11 is 1.51. The number of rotatable bonds is 3. The number of anilines is 1. The lowest BCUT2D eigenvalue weighted by atomic mass is 10.1. The van der Waals surface area contributed by atoms with Crippen molar-refractivity contribution in [2.24, 2.45) is 0 Å². The zero-order valence-corrected chi connectivity index (χ0v) is 14.5. The minimum absolute atomic E-state index is 0.576. The molecule has 0 amide bonds. The molecule has 0 radical (unpaired) electrons. The van der Waals surface area contributed by atoms with E-state index in [1.165, 1.54) is 17.3 Å². The van der Waals surface area contributed by atoms with Crippen LogP contribution >= 0.6 is 11.8 Å². The van der Waals surface area contributed by atoms with E-state index in [0.29, 0.717) is 35.5 Å². The third kappa shape index (κ3) is 2.85. The molecule has 4 rings (SSSR count).